The van der Waals surface area contributed by atoms with Crippen molar-refractivity contribution in [1.82, 2.24) is 5.32 Å². The highest BCUT2D eigenvalue weighted by molar-refractivity contribution is 6.07. The van der Waals surface area contributed by atoms with Crippen molar-refractivity contribution in [2.24, 2.45) is 0 Å². The average Bonchev–Trinajstić information content (AvgIpc) is 2.65. The summed E-state index contributed by atoms with van der Waals surface area (Å²) in [6.45, 7) is 1.92. The van der Waals surface area contributed by atoms with E-state index in [9.17, 15) is 9.90 Å². The van der Waals surface area contributed by atoms with Gasteiger partial charge in [0.15, 0.2) is 0 Å². The maximum Gasteiger partial charge on any atom is 0.255 e. The van der Waals surface area contributed by atoms with Crippen LogP contribution in [0.15, 0.2) is 22.6 Å². The number of hydrogen-bond donors (Lipinski definition) is 2. The van der Waals surface area contributed by atoms with Crippen LogP contribution in [0.25, 0.3) is 11.0 Å². The second kappa shape index (κ2) is 3.89. The smallest absolute Gasteiger partial charge is 0.255 e. The molecule has 0 saturated carbocycles. The molecule has 0 unspecified atom stereocenters. The van der Waals surface area contributed by atoms with Crippen molar-refractivity contribution in [3.63, 3.8) is 0 Å². The van der Waals surface area contributed by atoms with E-state index in [0.717, 1.165) is 5.39 Å². The first-order valence-corrected chi connectivity index (χ1v) is 5.13. The fraction of sp³-hybridized carbons (Fsp3) is 0.250. The summed E-state index contributed by atoms with van der Waals surface area (Å²) in [5.74, 6) is 0.605. The minimum atomic E-state index is -0.165. The van der Waals surface area contributed by atoms with Gasteiger partial charge in [0.25, 0.3) is 5.91 Å². The highest BCUT2D eigenvalue weighted by Gasteiger charge is 2.18. The maximum atomic E-state index is 11.7. The van der Waals surface area contributed by atoms with E-state index in [4.69, 9.17) is 4.42 Å². The molecule has 0 bridgehead atoms. The number of aromatic hydroxyl groups is 1. The third kappa shape index (κ3) is 1.52. The van der Waals surface area contributed by atoms with E-state index in [0.29, 0.717) is 23.3 Å². The Labute approximate surface area is 92.9 Å². The van der Waals surface area contributed by atoms with Gasteiger partial charge in [0.2, 0.25) is 0 Å². The van der Waals surface area contributed by atoms with Crippen molar-refractivity contribution in [1.29, 1.82) is 0 Å². The van der Waals surface area contributed by atoms with E-state index in [1.807, 2.05) is 6.92 Å². The largest absolute Gasteiger partial charge is 0.508 e. The van der Waals surface area contributed by atoms with E-state index in [2.05, 4.69) is 5.32 Å². The molecule has 1 aromatic carbocycles. The Balaban J connectivity index is 2.73. The number of rotatable bonds is 2. The predicted octanol–water partition coefficient (Wildman–Crippen LogP) is 2.06. The maximum absolute atomic E-state index is 11.7. The topological polar surface area (TPSA) is 62.5 Å². The molecule has 16 heavy (non-hydrogen) atoms. The van der Waals surface area contributed by atoms with E-state index >= 15 is 0 Å². The van der Waals surface area contributed by atoms with Gasteiger partial charge < -0.3 is 14.8 Å². The van der Waals surface area contributed by atoms with E-state index in [1.165, 1.54) is 6.07 Å². The number of aryl methyl sites for hydroxylation is 1. The van der Waals surface area contributed by atoms with Gasteiger partial charge in [-0.2, -0.15) is 0 Å². The number of fused-ring (bicyclic) bond motifs is 1. The van der Waals surface area contributed by atoms with Gasteiger partial charge >= 0.3 is 0 Å². The zero-order valence-electron chi connectivity index (χ0n) is 9.20. The van der Waals surface area contributed by atoms with Crippen LogP contribution in [0.5, 0.6) is 5.75 Å². The quantitative estimate of drug-likeness (QED) is 0.812. The van der Waals surface area contributed by atoms with Crippen LogP contribution in [0, 0.1) is 0 Å². The normalized spacial score (nSPS) is 10.6. The molecule has 0 atom stereocenters. The molecule has 4 heteroatoms. The number of amides is 1. The summed E-state index contributed by atoms with van der Waals surface area (Å²) in [5, 5.41) is 12.7. The Hall–Kier alpha value is -1.97. The van der Waals surface area contributed by atoms with Crippen LogP contribution >= 0.6 is 0 Å². The molecule has 0 aliphatic rings. The van der Waals surface area contributed by atoms with Crippen LogP contribution in [-0.2, 0) is 6.42 Å². The summed E-state index contributed by atoms with van der Waals surface area (Å²) in [6.07, 6.45) is 0.637. The third-order valence-corrected chi connectivity index (χ3v) is 2.52. The van der Waals surface area contributed by atoms with Gasteiger partial charge in [0.1, 0.15) is 17.1 Å². The van der Waals surface area contributed by atoms with Gasteiger partial charge in [0, 0.05) is 24.9 Å². The zero-order chi connectivity index (χ0) is 11.7. The monoisotopic (exact) mass is 219 g/mol. The molecule has 0 spiro atoms. The number of nitrogens with one attached hydrogen (secondary N) is 1. The first kappa shape index (κ1) is 10.5. The first-order valence-electron chi connectivity index (χ1n) is 5.13. The van der Waals surface area contributed by atoms with E-state index in [1.54, 1.807) is 19.2 Å². The second-order valence-electron chi connectivity index (χ2n) is 3.51. The van der Waals surface area contributed by atoms with Crippen molar-refractivity contribution < 1.29 is 14.3 Å². The molecule has 0 saturated heterocycles. The lowest BCUT2D eigenvalue weighted by Crippen LogP contribution is -2.18. The minimum absolute atomic E-state index is 0.132. The van der Waals surface area contributed by atoms with Gasteiger partial charge in [-0.05, 0) is 12.1 Å². The fourth-order valence-electron chi connectivity index (χ4n) is 1.76. The summed E-state index contributed by atoms with van der Waals surface area (Å²) in [4.78, 5) is 11.7. The standard InChI is InChI=1S/C12H13NO3/c1-3-9-11(12(15)13-2)8-5-4-7(14)6-10(8)16-9/h4-6,14H,3H2,1-2H3,(H,13,15). The molecule has 0 aliphatic heterocycles. The Kier molecular flexibility index (Phi) is 2.56. The number of benzene rings is 1. The lowest BCUT2D eigenvalue weighted by atomic mass is 10.1. The highest BCUT2D eigenvalue weighted by Crippen LogP contribution is 2.29. The predicted molar refractivity (Wildman–Crippen MR) is 60.6 cm³/mol. The number of hydrogen-bond acceptors (Lipinski definition) is 3. The number of carbonyl (C=O) groups excluding carboxylic acids is 1. The molecule has 2 rings (SSSR count). The summed E-state index contributed by atoms with van der Waals surface area (Å²) in [7, 11) is 1.58. The molecule has 4 nitrogen and oxygen atoms in total. The van der Waals surface area contributed by atoms with Crippen LogP contribution < -0.4 is 5.32 Å². The lowest BCUT2D eigenvalue weighted by molar-refractivity contribution is 0.0962. The Morgan fingerprint density at radius 1 is 1.50 bits per heavy atom. The second-order valence-corrected chi connectivity index (χ2v) is 3.51. The molecule has 1 amide bonds. The molecule has 2 aromatic rings. The molecule has 0 radical (unpaired) electrons. The number of phenols is 1. The molecular weight excluding hydrogens is 206 g/mol. The Morgan fingerprint density at radius 2 is 2.25 bits per heavy atom. The van der Waals surface area contributed by atoms with Crippen LogP contribution in [0.1, 0.15) is 23.0 Å². The molecule has 2 N–H and O–H groups in total. The molecule has 0 fully saturated rings. The van der Waals surface area contributed by atoms with Gasteiger partial charge in [-0.25, -0.2) is 0 Å². The van der Waals surface area contributed by atoms with Crippen LogP contribution in [0.3, 0.4) is 0 Å². The summed E-state index contributed by atoms with van der Waals surface area (Å²) in [6, 6.07) is 4.75. The van der Waals surface area contributed by atoms with Crippen molar-refractivity contribution in [2.75, 3.05) is 7.05 Å². The first-order chi connectivity index (χ1) is 7.67. The SMILES string of the molecule is CCc1oc2cc(O)ccc2c1C(=O)NC. The van der Waals surface area contributed by atoms with Crippen LogP contribution in [0.4, 0.5) is 0 Å². The molecule has 1 aromatic heterocycles. The zero-order valence-corrected chi connectivity index (χ0v) is 9.20. The fourth-order valence-corrected chi connectivity index (χ4v) is 1.76. The van der Waals surface area contributed by atoms with Gasteiger partial charge in [0.05, 0.1) is 5.56 Å². The molecule has 84 valence electrons. The van der Waals surface area contributed by atoms with Crippen LogP contribution in [0.2, 0.25) is 0 Å². The number of phenolic OH excluding ortho intramolecular Hbond substituents is 1. The van der Waals surface area contributed by atoms with Crippen molar-refractivity contribution in [3.8, 4) is 5.75 Å². The summed E-state index contributed by atoms with van der Waals surface area (Å²) in [5.41, 5.74) is 1.09. The average molecular weight is 219 g/mol. The Bertz CT molecular complexity index is 542. The van der Waals surface area contributed by atoms with Gasteiger partial charge in [-0.3, -0.25) is 4.79 Å². The lowest BCUT2D eigenvalue weighted by Gasteiger charge is -1.98. The molecular formula is C12H13NO3. The third-order valence-electron chi connectivity index (χ3n) is 2.52. The minimum Gasteiger partial charge on any atom is -0.508 e. The molecule has 0 aliphatic carbocycles. The highest BCUT2D eigenvalue weighted by atomic mass is 16.3. The number of carbonyl (C=O) groups is 1. The molecule has 1 heterocycles. The summed E-state index contributed by atoms with van der Waals surface area (Å²) >= 11 is 0. The van der Waals surface area contributed by atoms with Gasteiger partial charge in [-0.1, -0.05) is 6.92 Å². The summed E-state index contributed by atoms with van der Waals surface area (Å²) < 4.78 is 5.53. The number of furan rings is 1. The van der Waals surface area contributed by atoms with E-state index in [-0.39, 0.29) is 11.7 Å². The van der Waals surface area contributed by atoms with Crippen molar-refractivity contribution in [2.45, 2.75) is 13.3 Å². The van der Waals surface area contributed by atoms with E-state index < -0.39 is 0 Å². The van der Waals surface area contributed by atoms with Crippen molar-refractivity contribution in [3.05, 3.63) is 29.5 Å². The van der Waals surface area contributed by atoms with Crippen LogP contribution in [-0.4, -0.2) is 18.1 Å². The van der Waals surface area contributed by atoms with Crippen molar-refractivity contribution >= 4 is 16.9 Å². The van der Waals surface area contributed by atoms with Gasteiger partial charge in [-0.15, -0.1) is 0 Å². The Morgan fingerprint density at radius 3 is 2.88 bits per heavy atom.